The minimum absolute atomic E-state index is 0.0781. The number of fused-ring (bicyclic) bond motifs is 7. The minimum atomic E-state index is -0.0781. The van der Waals surface area contributed by atoms with Crippen LogP contribution in [0.2, 0.25) is 0 Å². The van der Waals surface area contributed by atoms with Crippen molar-refractivity contribution >= 4 is 0 Å². The monoisotopic (exact) mass is 428 g/mol. The van der Waals surface area contributed by atoms with Crippen molar-refractivity contribution in [2.24, 2.45) is 56.2 Å². The molecule has 0 spiro atoms. The third kappa shape index (κ3) is 2.77. The van der Waals surface area contributed by atoms with E-state index in [1.807, 2.05) is 0 Å². The van der Waals surface area contributed by atoms with Crippen molar-refractivity contribution in [3.8, 4) is 0 Å². The summed E-state index contributed by atoms with van der Waals surface area (Å²) in [7, 11) is 0. The van der Waals surface area contributed by atoms with E-state index in [0.29, 0.717) is 38.4 Å². The first-order chi connectivity index (χ1) is 14.2. The Kier molecular flexibility index (Phi) is 4.80. The first-order valence-corrected chi connectivity index (χ1v) is 13.9. The maximum atomic E-state index is 10.7. The van der Waals surface area contributed by atoms with E-state index in [0.717, 1.165) is 24.2 Å². The van der Waals surface area contributed by atoms with Gasteiger partial charge in [-0.3, -0.25) is 0 Å². The second-order valence-corrected chi connectivity index (χ2v) is 15.5. The number of aliphatic hydroxyl groups is 1. The second-order valence-electron chi connectivity index (χ2n) is 15.5. The molecule has 0 aromatic carbocycles. The number of rotatable bonds is 0. The molecular weight excluding hydrogens is 376 g/mol. The van der Waals surface area contributed by atoms with Gasteiger partial charge < -0.3 is 5.11 Å². The van der Waals surface area contributed by atoms with Crippen LogP contribution in [-0.2, 0) is 0 Å². The maximum absolute atomic E-state index is 10.7. The van der Waals surface area contributed by atoms with Gasteiger partial charge in [-0.05, 0) is 127 Å². The normalized spacial score (nSPS) is 60.9. The molecule has 0 bridgehead atoms. The molecule has 1 heteroatoms. The highest BCUT2D eigenvalue weighted by Gasteiger charge is 2.70. The zero-order valence-electron chi connectivity index (χ0n) is 22.1. The summed E-state index contributed by atoms with van der Waals surface area (Å²) >= 11 is 0. The summed E-state index contributed by atoms with van der Waals surface area (Å²) in [6.45, 7) is 20.9. The molecule has 5 saturated carbocycles. The lowest BCUT2D eigenvalue weighted by atomic mass is 9.30. The Labute approximate surface area is 193 Å². The summed E-state index contributed by atoms with van der Waals surface area (Å²) < 4.78 is 0. The molecule has 5 aliphatic carbocycles. The van der Waals surface area contributed by atoms with E-state index in [2.05, 4.69) is 55.4 Å². The van der Waals surface area contributed by atoms with Crippen LogP contribution in [0.3, 0.4) is 0 Å². The first kappa shape index (κ1) is 22.7. The van der Waals surface area contributed by atoms with E-state index in [1.54, 1.807) is 0 Å². The quantitative estimate of drug-likeness (QED) is 0.412. The highest BCUT2D eigenvalue weighted by Crippen LogP contribution is 2.78. The lowest BCUT2D eigenvalue weighted by Crippen LogP contribution is -2.67. The van der Waals surface area contributed by atoms with E-state index >= 15 is 0 Å². The van der Waals surface area contributed by atoms with Crippen molar-refractivity contribution < 1.29 is 5.11 Å². The van der Waals surface area contributed by atoms with Crippen LogP contribution in [0, 0.1) is 56.2 Å². The predicted molar refractivity (Wildman–Crippen MR) is 131 cm³/mol. The Morgan fingerprint density at radius 3 is 1.90 bits per heavy atom. The smallest absolute Gasteiger partial charge is 0.0571 e. The van der Waals surface area contributed by atoms with Gasteiger partial charge in [0, 0.05) is 0 Å². The third-order valence-corrected chi connectivity index (χ3v) is 13.9. The third-order valence-electron chi connectivity index (χ3n) is 13.9. The van der Waals surface area contributed by atoms with Crippen molar-refractivity contribution in [3.63, 3.8) is 0 Å². The fourth-order valence-corrected chi connectivity index (χ4v) is 11.4. The molecule has 178 valence electrons. The molecule has 0 radical (unpaired) electrons. The molecule has 0 saturated heterocycles. The summed E-state index contributed by atoms with van der Waals surface area (Å²) in [5.74, 6) is 3.02. The average Bonchev–Trinajstić information content (AvgIpc) is 2.69. The molecule has 1 N–H and O–H groups in total. The molecule has 5 fully saturated rings. The Morgan fingerprint density at radius 1 is 0.581 bits per heavy atom. The van der Waals surface area contributed by atoms with Gasteiger partial charge in [-0.15, -0.1) is 0 Å². The van der Waals surface area contributed by atoms with Gasteiger partial charge in [0.05, 0.1) is 6.10 Å². The van der Waals surface area contributed by atoms with Gasteiger partial charge >= 0.3 is 0 Å². The molecule has 0 aromatic rings. The molecule has 5 aliphatic rings. The first-order valence-electron chi connectivity index (χ1n) is 13.9. The molecule has 0 aliphatic heterocycles. The Hall–Kier alpha value is -0.0400. The SMILES string of the molecule is C[C@H]1[C@@H](O)CC[C@H]2[C@]3(C)CC[C@]4(C)[C@H]5CC(C)(C)CC[C@]5(C)CC[C@@]4(C)[C@@H]3CC[C@@]21C. The van der Waals surface area contributed by atoms with Crippen LogP contribution in [0.5, 0.6) is 0 Å². The molecule has 0 amide bonds. The number of hydrogen-bond donors (Lipinski definition) is 1. The van der Waals surface area contributed by atoms with Gasteiger partial charge in [0.2, 0.25) is 0 Å². The Morgan fingerprint density at radius 2 is 1.19 bits per heavy atom. The van der Waals surface area contributed by atoms with Gasteiger partial charge in [-0.25, -0.2) is 0 Å². The summed E-state index contributed by atoms with van der Waals surface area (Å²) in [5.41, 5.74) is 2.88. The van der Waals surface area contributed by atoms with Crippen molar-refractivity contribution in [1.82, 2.24) is 0 Å². The van der Waals surface area contributed by atoms with Crippen LogP contribution in [0.4, 0.5) is 0 Å². The van der Waals surface area contributed by atoms with E-state index in [-0.39, 0.29) is 6.10 Å². The topological polar surface area (TPSA) is 20.2 Å². The summed E-state index contributed by atoms with van der Waals surface area (Å²) in [5, 5.41) is 10.7. The van der Waals surface area contributed by atoms with Crippen LogP contribution in [-0.4, -0.2) is 11.2 Å². The fraction of sp³-hybridized carbons (Fsp3) is 1.00. The van der Waals surface area contributed by atoms with E-state index < -0.39 is 0 Å². The van der Waals surface area contributed by atoms with Crippen LogP contribution in [0.25, 0.3) is 0 Å². The summed E-state index contributed by atoms with van der Waals surface area (Å²) in [6.07, 6.45) is 15.1. The molecule has 31 heavy (non-hydrogen) atoms. The number of aliphatic hydroxyl groups excluding tert-OH is 1. The molecule has 10 atom stereocenters. The van der Waals surface area contributed by atoms with E-state index in [9.17, 15) is 5.11 Å². The lowest BCUT2D eigenvalue weighted by molar-refractivity contribution is -0.263. The lowest BCUT2D eigenvalue weighted by Gasteiger charge is -2.75. The Bertz CT molecular complexity index is 741. The summed E-state index contributed by atoms with van der Waals surface area (Å²) in [6, 6.07) is 0. The van der Waals surface area contributed by atoms with Gasteiger partial charge in [0.25, 0.3) is 0 Å². The van der Waals surface area contributed by atoms with E-state index in [1.165, 1.54) is 64.2 Å². The minimum Gasteiger partial charge on any atom is -0.393 e. The van der Waals surface area contributed by atoms with Crippen LogP contribution in [0.1, 0.15) is 126 Å². The molecule has 0 heterocycles. The van der Waals surface area contributed by atoms with Crippen molar-refractivity contribution in [2.75, 3.05) is 0 Å². The van der Waals surface area contributed by atoms with Crippen molar-refractivity contribution in [1.29, 1.82) is 0 Å². The molecule has 0 aromatic heterocycles. The highest BCUT2D eigenvalue weighted by molar-refractivity contribution is 5.19. The van der Waals surface area contributed by atoms with Gasteiger partial charge in [-0.2, -0.15) is 0 Å². The zero-order valence-corrected chi connectivity index (χ0v) is 22.1. The van der Waals surface area contributed by atoms with E-state index in [4.69, 9.17) is 0 Å². The molecule has 0 unspecified atom stereocenters. The fourth-order valence-electron chi connectivity index (χ4n) is 11.4. The molecule has 1 nitrogen and oxygen atoms in total. The average molecular weight is 429 g/mol. The maximum Gasteiger partial charge on any atom is 0.0571 e. The van der Waals surface area contributed by atoms with Crippen molar-refractivity contribution in [3.05, 3.63) is 0 Å². The van der Waals surface area contributed by atoms with Crippen LogP contribution < -0.4 is 0 Å². The summed E-state index contributed by atoms with van der Waals surface area (Å²) in [4.78, 5) is 0. The molecule has 5 rings (SSSR count). The Balaban J connectivity index is 1.54. The van der Waals surface area contributed by atoms with Crippen LogP contribution in [0.15, 0.2) is 0 Å². The van der Waals surface area contributed by atoms with Crippen LogP contribution >= 0.6 is 0 Å². The van der Waals surface area contributed by atoms with Gasteiger partial charge in [-0.1, -0.05) is 55.4 Å². The largest absolute Gasteiger partial charge is 0.393 e. The number of hydrogen-bond acceptors (Lipinski definition) is 1. The standard InChI is InChI=1S/C30H52O/c1-20-21(31)9-10-22-27(20,5)12-11-23-28(22,6)16-18-30(8)24-19-25(2,3)13-14-26(24,4)15-17-29(23,30)7/h20-24,31H,9-19H2,1-8H3/t20-,21-,22+,23+,24-,26+,27+,28-,29-,30+/m0/s1. The van der Waals surface area contributed by atoms with Gasteiger partial charge in [0.1, 0.15) is 0 Å². The van der Waals surface area contributed by atoms with Crippen molar-refractivity contribution in [2.45, 2.75) is 132 Å². The second kappa shape index (κ2) is 6.55. The highest BCUT2D eigenvalue weighted by atomic mass is 16.3. The molecular formula is C30H52O. The zero-order chi connectivity index (χ0) is 22.7. The predicted octanol–water partition coefficient (Wildman–Crippen LogP) is 8.25. The van der Waals surface area contributed by atoms with Gasteiger partial charge in [0.15, 0.2) is 0 Å².